The molecule has 5 heteroatoms. The Kier molecular flexibility index (Phi) is 3.75. The molecule has 0 unspecified atom stereocenters. The van der Waals surface area contributed by atoms with Gasteiger partial charge in [0.25, 0.3) is 0 Å². The second kappa shape index (κ2) is 5.17. The number of hydrogen-bond donors (Lipinski definition) is 2. The third-order valence-electron chi connectivity index (χ3n) is 3.29. The van der Waals surface area contributed by atoms with Crippen LogP contribution < -0.4 is 11.1 Å². The van der Waals surface area contributed by atoms with Gasteiger partial charge < -0.3 is 11.1 Å². The Balaban J connectivity index is 2.28. The number of hydrogen-bond acceptors (Lipinski definition) is 4. The van der Waals surface area contributed by atoms with E-state index in [0.717, 1.165) is 23.6 Å². The van der Waals surface area contributed by atoms with Gasteiger partial charge in [-0.05, 0) is 23.9 Å². The standard InChI is InChI=1S/C14H23N5/c1-10(2)11-7-12-13(16-5-6-19(12)18-11)17-9-14(3,4)8-15/h5-7,10H,8-9,15H2,1-4H3,(H,16,17). The Labute approximate surface area is 114 Å². The molecule has 0 aliphatic heterocycles. The Morgan fingerprint density at radius 2 is 2.16 bits per heavy atom. The second-order valence-corrected chi connectivity index (χ2v) is 6.05. The lowest BCUT2D eigenvalue weighted by atomic mass is 9.94. The van der Waals surface area contributed by atoms with Gasteiger partial charge in [0.2, 0.25) is 0 Å². The summed E-state index contributed by atoms with van der Waals surface area (Å²) in [6.45, 7) is 9.98. The molecule has 0 fully saturated rings. The molecule has 0 saturated carbocycles. The van der Waals surface area contributed by atoms with Crippen LogP contribution in [0.1, 0.15) is 39.3 Å². The fourth-order valence-corrected chi connectivity index (χ4v) is 1.75. The fourth-order valence-electron chi connectivity index (χ4n) is 1.75. The van der Waals surface area contributed by atoms with Gasteiger partial charge in [-0.15, -0.1) is 0 Å². The maximum absolute atomic E-state index is 5.75. The molecule has 0 aromatic carbocycles. The normalized spacial score (nSPS) is 12.3. The number of nitrogens with one attached hydrogen (secondary N) is 1. The highest BCUT2D eigenvalue weighted by Gasteiger charge is 2.16. The molecular formula is C14H23N5. The van der Waals surface area contributed by atoms with Crippen LogP contribution >= 0.6 is 0 Å². The number of fused-ring (bicyclic) bond motifs is 1. The molecule has 3 N–H and O–H groups in total. The lowest BCUT2D eigenvalue weighted by molar-refractivity contribution is 0.405. The van der Waals surface area contributed by atoms with Crippen molar-refractivity contribution >= 4 is 11.3 Å². The zero-order chi connectivity index (χ0) is 14.0. The van der Waals surface area contributed by atoms with Crippen molar-refractivity contribution in [1.29, 1.82) is 0 Å². The minimum atomic E-state index is 0.0510. The SMILES string of the molecule is CC(C)c1cc2c(NCC(C)(C)CN)nccn2n1. The molecule has 104 valence electrons. The summed E-state index contributed by atoms with van der Waals surface area (Å²) in [7, 11) is 0. The smallest absolute Gasteiger partial charge is 0.152 e. The van der Waals surface area contributed by atoms with Crippen molar-refractivity contribution in [2.75, 3.05) is 18.4 Å². The summed E-state index contributed by atoms with van der Waals surface area (Å²) in [5.41, 5.74) is 7.89. The average molecular weight is 261 g/mol. The van der Waals surface area contributed by atoms with Gasteiger partial charge >= 0.3 is 0 Å². The summed E-state index contributed by atoms with van der Waals surface area (Å²) in [5.74, 6) is 1.27. The molecule has 2 heterocycles. The van der Waals surface area contributed by atoms with E-state index < -0.39 is 0 Å². The Morgan fingerprint density at radius 3 is 2.79 bits per heavy atom. The van der Waals surface area contributed by atoms with Crippen LogP contribution in [-0.2, 0) is 0 Å². The summed E-state index contributed by atoms with van der Waals surface area (Å²) in [5, 5.41) is 7.93. The minimum absolute atomic E-state index is 0.0510. The lowest BCUT2D eigenvalue weighted by Crippen LogP contribution is -2.31. The predicted molar refractivity (Wildman–Crippen MR) is 78.4 cm³/mol. The summed E-state index contributed by atoms with van der Waals surface area (Å²) in [4.78, 5) is 4.40. The molecule has 5 nitrogen and oxygen atoms in total. The summed E-state index contributed by atoms with van der Waals surface area (Å²) < 4.78 is 1.88. The first-order valence-electron chi connectivity index (χ1n) is 6.71. The molecule has 0 spiro atoms. The molecule has 19 heavy (non-hydrogen) atoms. The van der Waals surface area contributed by atoms with Gasteiger partial charge in [0.1, 0.15) is 5.52 Å². The topological polar surface area (TPSA) is 68.2 Å². The highest BCUT2D eigenvalue weighted by Crippen LogP contribution is 2.21. The van der Waals surface area contributed by atoms with Crippen LogP contribution in [0.25, 0.3) is 5.52 Å². The second-order valence-electron chi connectivity index (χ2n) is 6.05. The largest absolute Gasteiger partial charge is 0.368 e. The fraction of sp³-hybridized carbons (Fsp3) is 0.571. The number of nitrogens with zero attached hydrogens (tertiary/aromatic N) is 3. The van der Waals surface area contributed by atoms with Gasteiger partial charge in [-0.3, -0.25) is 0 Å². The van der Waals surface area contributed by atoms with Crippen molar-refractivity contribution in [3.63, 3.8) is 0 Å². The Morgan fingerprint density at radius 1 is 1.42 bits per heavy atom. The third kappa shape index (κ3) is 3.04. The highest BCUT2D eigenvalue weighted by atomic mass is 15.2. The van der Waals surface area contributed by atoms with Gasteiger partial charge in [-0.25, -0.2) is 9.50 Å². The zero-order valence-corrected chi connectivity index (χ0v) is 12.1. The van der Waals surface area contributed by atoms with Crippen molar-refractivity contribution in [2.45, 2.75) is 33.6 Å². The van der Waals surface area contributed by atoms with Crippen molar-refractivity contribution in [1.82, 2.24) is 14.6 Å². The number of anilines is 1. The molecule has 0 radical (unpaired) electrons. The molecule has 2 aromatic rings. The quantitative estimate of drug-likeness (QED) is 0.866. The van der Waals surface area contributed by atoms with E-state index in [4.69, 9.17) is 5.73 Å². The zero-order valence-electron chi connectivity index (χ0n) is 12.1. The molecule has 2 aromatic heterocycles. The maximum atomic E-state index is 5.75. The Bertz CT molecular complexity index is 556. The molecule has 0 atom stereocenters. The van der Waals surface area contributed by atoms with E-state index in [-0.39, 0.29) is 5.41 Å². The highest BCUT2D eigenvalue weighted by molar-refractivity contribution is 5.67. The van der Waals surface area contributed by atoms with E-state index in [1.165, 1.54) is 0 Å². The van der Waals surface area contributed by atoms with Crippen LogP contribution in [-0.4, -0.2) is 27.7 Å². The van der Waals surface area contributed by atoms with E-state index in [9.17, 15) is 0 Å². The molecule has 0 amide bonds. The molecule has 0 aliphatic rings. The van der Waals surface area contributed by atoms with E-state index in [0.29, 0.717) is 12.5 Å². The molecule has 0 aliphatic carbocycles. The van der Waals surface area contributed by atoms with Crippen LogP contribution in [0.5, 0.6) is 0 Å². The lowest BCUT2D eigenvalue weighted by Gasteiger charge is -2.23. The van der Waals surface area contributed by atoms with Gasteiger partial charge in [0, 0.05) is 18.9 Å². The van der Waals surface area contributed by atoms with Crippen molar-refractivity contribution in [3.05, 3.63) is 24.2 Å². The first kappa shape index (κ1) is 13.8. The van der Waals surface area contributed by atoms with Gasteiger partial charge in [-0.1, -0.05) is 27.7 Å². The first-order chi connectivity index (χ1) is 8.93. The van der Waals surface area contributed by atoms with Gasteiger partial charge in [0.05, 0.1) is 5.69 Å². The number of nitrogens with two attached hydrogens (primary N) is 1. The van der Waals surface area contributed by atoms with E-state index >= 15 is 0 Å². The molecule has 2 rings (SSSR count). The van der Waals surface area contributed by atoms with Crippen LogP contribution in [0, 0.1) is 5.41 Å². The van der Waals surface area contributed by atoms with Crippen molar-refractivity contribution < 1.29 is 0 Å². The van der Waals surface area contributed by atoms with Crippen LogP contribution in [0.15, 0.2) is 18.5 Å². The predicted octanol–water partition coefficient (Wildman–Crippen LogP) is 2.25. The first-order valence-corrected chi connectivity index (χ1v) is 6.71. The van der Waals surface area contributed by atoms with Gasteiger partial charge in [-0.2, -0.15) is 5.10 Å². The summed E-state index contributed by atoms with van der Waals surface area (Å²) >= 11 is 0. The minimum Gasteiger partial charge on any atom is -0.368 e. The molecule has 0 saturated heterocycles. The maximum Gasteiger partial charge on any atom is 0.152 e. The van der Waals surface area contributed by atoms with Gasteiger partial charge in [0.15, 0.2) is 5.82 Å². The van der Waals surface area contributed by atoms with Crippen LogP contribution in [0.2, 0.25) is 0 Å². The molecular weight excluding hydrogens is 238 g/mol. The summed E-state index contributed by atoms with van der Waals surface area (Å²) in [6.07, 6.45) is 3.64. The van der Waals surface area contributed by atoms with E-state index in [1.807, 2.05) is 10.7 Å². The van der Waals surface area contributed by atoms with Crippen molar-refractivity contribution in [3.8, 4) is 0 Å². The monoisotopic (exact) mass is 261 g/mol. The van der Waals surface area contributed by atoms with Crippen molar-refractivity contribution in [2.24, 2.45) is 11.1 Å². The summed E-state index contributed by atoms with van der Waals surface area (Å²) in [6, 6.07) is 2.09. The van der Waals surface area contributed by atoms with Crippen LogP contribution in [0.4, 0.5) is 5.82 Å². The third-order valence-corrected chi connectivity index (χ3v) is 3.29. The van der Waals surface area contributed by atoms with E-state index in [1.54, 1.807) is 6.20 Å². The number of rotatable bonds is 5. The molecule has 0 bridgehead atoms. The Hall–Kier alpha value is -1.62. The van der Waals surface area contributed by atoms with Crippen LogP contribution in [0.3, 0.4) is 0 Å². The van der Waals surface area contributed by atoms with E-state index in [2.05, 4.69) is 49.2 Å². The number of aromatic nitrogens is 3. The average Bonchev–Trinajstić information content (AvgIpc) is 2.81.